The van der Waals surface area contributed by atoms with Crippen LogP contribution in [-0.2, 0) is 16.2 Å². The number of rotatable bonds is 12. The number of carbonyl (C=O) groups excluding carboxylic acids is 3. The minimum Gasteiger partial charge on any atom is -0.489 e. The Kier molecular flexibility index (Phi) is 11.3. The van der Waals surface area contributed by atoms with Crippen molar-refractivity contribution in [3.05, 3.63) is 161 Å². The Morgan fingerprint density at radius 1 is 0.739 bits per heavy atom. The van der Waals surface area contributed by atoms with E-state index in [1.165, 1.54) is 11.8 Å². The second-order valence-corrected chi connectivity index (χ2v) is 11.5. The lowest BCUT2D eigenvalue weighted by molar-refractivity contribution is -0.114. The molecule has 0 saturated carbocycles. The molecule has 5 aromatic carbocycles. The Morgan fingerprint density at radius 2 is 1.43 bits per heavy atom. The summed E-state index contributed by atoms with van der Waals surface area (Å²) in [6, 6.07) is 39.9. The van der Waals surface area contributed by atoms with Crippen molar-refractivity contribution < 1.29 is 19.1 Å². The van der Waals surface area contributed by atoms with Gasteiger partial charge in [0.15, 0.2) is 0 Å². The van der Waals surface area contributed by atoms with Crippen molar-refractivity contribution in [2.24, 2.45) is 0 Å². The summed E-state index contributed by atoms with van der Waals surface area (Å²) in [5, 5.41) is 8.88. The van der Waals surface area contributed by atoms with E-state index in [1.807, 2.05) is 66.7 Å². The molecule has 0 aromatic heterocycles. The number of anilines is 2. The first-order valence-electron chi connectivity index (χ1n) is 14.4. The van der Waals surface area contributed by atoms with Crippen molar-refractivity contribution in [1.29, 1.82) is 0 Å². The van der Waals surface area contributed by atoms with Crippen LogP contribution in [0.1, 0.15) is 21.5 Å². The van der Waals surface area contributed by atoms with Crippen molar-refractivity contribution in [3.63, 3.8) is 0 Å². The first kappa shape index (κ1) is 32.1. The number of nitrogens with one attached hydrogen (secondary N) is 3. The van der Waals surface area contributed by atoms with E-state index in [0.29, 0.717) is 39.9 Å². The van der Waals surface area contributed by atoms with Crippen LogP contribution in [0.3, 0.4) is 0 Å². The van der Waals surface area contributed by atoms with E-state index < -0.39 is 11.8 Å². The van der Waals surface area contributed by atoms with Crippen LogP contribution in [0.4, 0.5) is 11.4 Å². The van der Waals surface area contributed by atoms with E-state index in [0.717, 1.165) is 10.5 Å². The fourth-order valence-corrected chi connectivity index (χ4v) is 5.21. The molecular formula is C37H30ClN3O4S. The molecule has 0 aliphatic heterocycles. The van der Waals surface area contributed by atoms with Crippen molar-refractivity contribution in [2.45, 2.75) is 11.5 Å². The Balaban J connectivity index is 1.27. The van der Waals surface area contributed by atoms with Gasteiger partial charge < -0.3 is 20.7 Å². The van der Waals surface area contributed by atoms with Crippen LogP contribution in [0.15, 0.2) is 144 Å². The first-order chi connectivity index (χ1) is 22.4. The Bertz CT molecular complexity index is 1830. The molecule has 5 rings (SSSR count). The molecule has 3 amide bonds. The van der Waals surface area contributed by atoms with Gasteiger partial charge in [0.25, 0.3) is 11.8 Å². The third-order valence-corrected chi connectivity index (χ3v) is 7.90. The summed E-state index contributed by atoms with van der Waals surface area (Å²) in [4.78, 5) is 39.8. The van der Waals surface area contributed by atoms with Crippen LogP contribution in [0.5, 0.6) is 5.75 Å². The van der Waals surface area contributed by atoms with Gasteiger partial charge in [-0.15, -0.1) is 11.8 Å². The van der Waals surface area contributed by atoms with Crippen molar-refractivity contribution >= 4 is 58.5 Å². The number of amides is 3. The van der Waals surface area contributed by atoms with Crippen molar-refractivity contribution in [2.75, 3.05) is 16.4 Å². The number of hydrogen-bond donors (Lipinski definition) is 3. The van der Waals surface area contributed by atoms with Crippen molar-refractivity contribution in [1.82, 2.24) is 5.32 Å². The Labute approximate surface area is 276 Å². The molecule has 0 radical (unpaired) electrons. The van der Waals surface area contributed by atoms with Gasteiger partial charge in [-0.05, 0) is 71.8 Å². The number of halogens is 1. The Hall–Kier alpha value is -5.31. The summed E-state index contributed by atoms with van der Waals surface area (Å²) < 4.78 is 5.88. The van der Waals surface area contributed by atoms with Gasteiger partial charge in [0.05, 0.1) is 16.5 Å². The minimum atomic E-state index is -0.507. The van der Waals surface area contributed by atoms with Gasteiger partial charge in [-0.2, -0.15) is 0 Å². The van der Waals surface area contributed by atoms with Gasteiger partial charge in [-0.3, -0.25) is 14.4 Å². The molecule has 7 nitrogen and oxygen atoms in total. The molecule has 0 aliphatic rings. The van der Waals surface area contributed by atoms with E-state index in [-0.39, 0.29) is 17.4 Å². The number of para-hydroxylation sites is 1. The maximum atomic E-state index is 13.5. The highest BCUT2D eigenvalue weighted by Crippen LogP contribution is 2.24. The van der Waals surface area contributed by atoms with Gasteiger partial charge in [-0.25, -0.2) is 0 Å². The number of hydrogen-bond acceptors (Lipinski definition) is 5. The summed E-state index contributed by atoms with van der Waals surface area (Å²) >= 11 is 7.46. The maximum absolute atomic E-state index is 13.5. The third-order valence-electron chi connectivity index (χ3n) is 6.58. The summed E-state index contributed by atoms with van der Waals surface area (Å²) in [6.45, 7) is 0.431. The fraction of sp³-hybridized carbons (Fsp3) is 0.0541. The third kappa shape index (κ3) is 9.59. The van der Waals surface area contributed by atoms with Gasteiger partial charge in [-0.1, -0.05) is 90.5 Å². The van der Waals surface area contributed by atoms with Crippen LogP contribution in [-0.4, -0.2) is 23.5 Å². The largest absolute Gasteiger partial charge is 0.489 e. The molecule has 0 aliphatic carbocycles. The smallest absolute Gasteiger partial charge is 0.272 e. The fourth-order valence-electron chi connectivity index (χ4n) is 4.27. The minimum absolute atomic E-state index is 0.0592. The van der Waals surface area contributed by atoms with Gasteiger partial charge >= 0.3 is 0 Å². The highest BCUT2D eigenvalue weighted by atomic mass is 35.5. The predicted molar refractivity (Wildman–Crippen MR) is 185 cm³/mol. The second-order valence-electron chi connectivity index (χ2n) is 10.0. The monoisotopic (exact) mass is 647 g/mol. The highest BCUT2D eigenvalue weighted by Gasteiger charge is 2.16. The van der Waals surface area contributed by atoms with E-state index in [2.05, 4.69) is 16.0 Å². The molecule has 0 heterocycles. The molecular weight excluding hydrogens is 618 g/mol. The molecule has 9 heteroatoms. The summed E-state index contributed by atoms with van der Waals surface area (Å²) in [6.07, 6.45) is 1.61. The number of benzene rings is 5. The number of carbonyl (C=O) groups is 3. The number of thioether (sulfide) groups is 1. The van der Waals surface area contributed by atoms with Gasteiger partial charge in [0.1, 0.15) is 18.1 Å². The lowest BCUT2D eigenvalue weighted by Crippen LogP contribution is -2.30. The predicted octanol–water partition coefficient (Wildman–Crippen LogP) is 8.06. The van der Waals surface area contributed by atoms with Crippen molar-refractivity contribution in [3.8, 4) is 5.75 Å². The topological polar surface area (TPSA) is 96.5 Å². The second kappa shape index (κ2) is 16.1. The first-order valence-corrected chi connectivity index (χ1v) is 15.7. The lowest BCUT2D eigenvalue weighted by Gasteiger charge is -2.13. The molecule has 0 unspecified atom stereocenters. The Morgan fingerprint density at radius 3 is 2.17 bits per heavy atom. The van der Waals surface area contributed by atoms with Crippen LogP contribution in [0.25, 0.3) is 6.08 Å². The molecule has 230 valence electrons. The molecule has 0 atom stereocenters. The van der Waals surface area contributed by atoms with Crippen LogP contribution >= 0.6 is 23.4 Å². The lowest BCUT2D eigenvalue weighted by atomic mass is 10.1. The van der Waals surface area contributed by atoms with Crippen LogP contribution < -0.4 is 20.7 Å². The average molecular weight is 648 g/mol. The van der Waals surface area contributed by atoms with E-state index >= 15 is 0 Å². The molecule has 0 spiro atoms. The molecule has 46 heavy (non-hydrogen) atoms. The van der Waals surface area contributed by atoms with Crippen LogP contribution in [0, 0.1) is 0 Å². The molecule has 3 N–H and O–H groups in total. The van der Waals surface area contributed by atoms with E-state index in [4.69, 9.17) is 16.3 Å². The maximum Gasteiger partial charge on any atom is 0.272 e. The molecule has 0 fully saturated rings. The molecule has 0 saturated heterocycles. The summed E-state index contributed by atoms with van der Waals surface area (Å²) in [5.74, 6) is -0.314. The van der Waals surface area contributed by atoms with Crippen LogP contribution in [0.2, 0.25) is 5.02 Å². The summed E-state index contributed by atoms with van der Waals surface area (Å²) in [5.41, 5.74) is 3.27. The quantitative estimate of drug-likeness (QED) is 0.0940. The van der Waals surface area contributed by atoms with Gasteiger partial charge in [0, 0.05) is 16.1 Å². The molecule has 5 aromatic rings. The molecule has 0 bridgehead atoms. The van der Waals surface area contributed by atoms with E-state index in [1.54, 1.807) is 72.8 Å². The number of ether oxygens (including phenoxy) is 1. The SMILES string of the molecule is O=C(CSc1cccc(NC(=O)/C(=C/c2ccc(OCc3ccccc3)cc2)NC(=O)c2ccccc2)c1)Nc1ccccc1Cl. The zero-order valence-electron chi connectivity index (χ0n) is 24.6. The normalized spacial score (nSPS) is 10.9. The zero-order valence-corrected chi connectivity index (χ0v) is 26.2. The van der Waals surface area contributed by atoms with Gasteiger partial charge in [0.2, 0.25) is 5.91 Å². The standard InChI is InChI=1S/C37H30ClN3O4S/c38-32-16-7-8-17-33(32)40-35(42)25-46-31-15-9-14-29(23-31)39-37(44)34(41-36(43)28-12-5-2-6-13-28)22-26-18-20-30(21-19-26)45-24-27-10-3-1-4-11-27/h1-23H,24-25H2,(H,39,44)(H,40,42)(H,41,43)/b34-22-. The van der Waals surface area contributed by atoms with E-state index in [9.17, 15) is 14.4 Å². The average Bonchev–Trinajstić information content (AvgIpc) is 3.09. The highest BCUT2D eigenvalue weighted by molar-refractivity contribution is 8.00. The zero-order chi connectivity index (χ0) is 32.1. The summed E-state index contributed by atoms with van der Waals surface area (Å²) in [7, 11) is 0.